The molecule has 0 radical (unpaired) electrons. The number of ether oxygens (including phenoxy) is 1. The molecule has 5 atom stereocenters. The van der Waals surface area contributed by atoms with Gasteiger partial charge in [-0.15, -0.1) is 0 Å². The van der Waals surface area contributed by atoms with E-state index in [9.17, 15) is 14.1 Å². The van der Waals surface area contributed by atoms with E-state index in [0.717, 1.165) is 74.5 Å². The van der Waals surface area contributed by atoms with Crippen molar-refractivity contribution < 1.29 is 18.8 Å². The first-order valence-corrected chi connectivity index (χ1v) is 17.1. The van der Waals surface area contributed by atoms with Crippen LogP contribution in [0.4, 0.5) is 5.69 Å². The van der Waals surface area contributed by atoms with Crippen LogP contribution in [-0.4, -0.2) is 53.3 Å². The summed E-state index contributed by atoms with van der Waals surface area (Å²) in [6.07, 6.45) is 6.82. The number of carbonyl (C=O) groups excluding carboxylic acids is 1. The molecule has 4 rings (SSSR count). The van der Waals surface area contributed by atoms with E-state index < -0.39 is 11.0 Å². The molecule has 2 aromatic rings. The minimum absolute atomic E-state index is 0.125. The summed E-state index contributed by atoms with van der Waals surface area (Å²) in [5, 5.41) is 11.5. The van der Waals surface area contributed by atoms with Crippen LogP contribution in [0.25, 0.3) is 0 Å². The highest BCUT2D eigenvalue weighted by molar-refractivity contribution is 7.84. The van der Waals surface area contributed by atoms with Gasteiger partial charge in [0.25, 0.3) is 5.91 Å². The summed E-state index contributed by atoms with van der Waals surface area (Å²) in [5.41, 5.74) is 8.35. The number of unbranched alkanes of at least 4 members (excludes halogenated alkanes) is 1. The molecule has 7 nitrogen and oxygen atoms in total. The molecule has 0 aromatic heterocycles. The Labute approximate surface area is 260 Å². The number of hydrogen-bond donors (Lipinski definition) is 3. The topological polar surface area (TPSA) is 105 Å². The Morgan fingerprint density at radius 3 is 2.57 bits per heavy atom. The third-order valence-corrected chi connectivity index (χ3v) is 9.89. The van der Waals surface area contributed by atoms with Gasteiger partial charge in [0.2, 0.25) is 0 Å². The molecule has 5 unspecified atom stereocenters. The lowest BCUT2D eigenvalue weighted by atomic mass is 9.69. The zero-order chi connectivity index (χ0) is 30.8. The Kier molecular flexibility index (Phi) is 13.6. The third kappa shape index (κ3) is 8.71. The summed E-state index contributed by atoms with van der Waals surface area (Å²) >= 11 is 6.38. The number of benzene rings is 2. The van der Waals surface area contributed by atoms with E-state index in [1.165, 1.54) is 18.2 Å². The van der Waals surface area contributed by atoms with E-state index in [1.807, 2.05) is 32.0 Å². The van der Waals surface area contributed by atoms with Gasteiger partial charge in [-0.2, -0.15) is 0 Å². The Hall–Kier alpha value is -2.13. The van der Waals surface area contributed by atoms with Gasteiger partial charge in [-0.1, -0.05) is 50.8 Å². The fourth-order valence-electron chi connectivity index (χ4n) is 5.96. The van der Waals surface area contributed by atoms with Gasteiger partial charge in [-0.3, -0.25) is 9.52 Å². The normalized spacial score (nSPS) is 21.2. The minimum Gasteiger partial charge on any atom is -0.491 e. The number of nitrogens with one attached hydrogen (secondary N) is 1. The lowest BCUT2D eigenvalue weighted by Crippen LogP contribution is -2.44. The van der Waals surface area contributed by atoms with Crippen LogP contribution < -0.4 is 20.1 Å². The minimum atomic E-state index is -1.45. The molecule has 0 bridgehead atoms. The largest absolute Gasteiger partial charge is 0.491 e. The highest BCUT2D eigenvalue weighted by Crippen LogP contribution is 2.43. The Morgan fingerprint density at radius 1 is 1.17 bits per heavy atom. The van der Waals surface area contributed by atoms with Crippen LogP contribution in [0.2, 0.25) is 5.02 Å². The number of anilines is 1. The van der Waals surface area contributed by atoms with Crippen molar-refractivity contribution in [2.45, 2.75) is 89.9 Å². The monoisotopic (exact) mass is 619 g/mol. The SMILES string of the molecule is CCCCC(O)C1CCC1CN1CC(c2ccc(Cl)cc2CCC)COc2ccc(C(=O)NS(=O)C(C)C)cc21.CN. The molecule has 2 aliphatic rings. The van der Waals surface area contributed by atoms with Crippen LogP contribution in [0.15, 0.2) is 36.4 Å². The average molecular weight is 620 g/mol. The van der Waals surface area contributed by atoms with Crippen molar-refractivity contribution in [2.75, 3.05) is 31.6 Å². The van der Waals surface area contributed by atoms with Crippen molar-refractivity contribution in [1.82, 2.24) is 4.72 Å². The lowest BCUT2D eigenvalue weighted by molar-refractivity contribution is 0.00960. The Bertz CT molecular complexity index is 1190. The smallest absolute Gasteiger partial charge is 0.263 e. The number of nitrogens with zero attached hydrogens (tertiary/aromatic N) is 1. The van der Waals surface area contributed by atoms with Crippen LogP contribution in [-0.2, 0) is 17.4 Å². The third-order valence-electron chi connectivity index (χ3n) is 8.41. The van der Waals surface area contributed by atoms with E-state index in [-0.39, 0.29) is 23.2 Å². The first kappa shape index (κ1) is 34.4. The zero-order valence-corrected chi connectivity index (χ0v) is 27.5. The van der Waals surface area contributed by atoms with Gasteiger partial charge < -0.3 is 20.5 Å². The van der Waals surface area contributed by atoms with Crippen LogP contribution in [0, 0.1) is 11.8 Å². The molecule has 1 aliphatic heterocycles. The fourth-order valence-corrected chi connectivity index (χ4v) is 6.69. The van der Waals surface area contributed by atoms with E-state index in [4.69, 9.17) is 16.3 Å². The molecule has 1 fully saturated rings. The summed E-state index contributed by atoms with van der Waals surface area (Å²) in [5.74, 6) is 1.20. The molecule has 1 heterocycles. The first-order chi connectivity index (χ1) is 20.2. The molecule has 9 heteroatoms. The molecule has 0 spiro atoms. The summed E-state index contributed by atoms with van der Waals surface area (Å²) in [6.45, 7) is 10.0. The van der Waals surface area contributed by atoms with Crippen LogP contribution in [0.3, 0.4) is 0 Å². The summed E-state index contributed by atoms with van der Waals surface area (Å²) in [4.78, 5) is 15.4. The van der Waals surface area contributed by atoms with Gasteiger partial charge in [0.1, 0.15) is 16.7 Å². The summed E-state index contributed by atoms with van der Waals surface area (Å²) < 4.78 is 21.4. The van der Waals surface area contributed by atoms with Gasteiger partial charge in [0.05, 0.1) is 18.4 Å². The molecule has 42 heavy (non-hydrogen) atoms. The number of aliphatic hydroxyl groups excluding tert-OH is 1. The number of nitrogens with two attached hydrogens (primary N) is 1. The van der Waals surface area contributed by atoms with E-state index in [2.05, 4.69) is 41.3 Å². The van der Waals surface area contributed by atoms with Crippen molar-refractivity contribution >= 4 is 34.2 Å². The van der Waals surface area contributed by atoms with Gasteiger partial charge in [0, 0.05) is 34.8 Å². The number of carbonyl (C=O) groups is 1. The lowest BCUT2D eigenvalue weighted by Gasteiger charge is -2.43. The van der Waals surface area contributed by atoms with Crippen LogP contribution in [0.5, 0.6) is 5.75 Å². The van der Waals surface area contributed by atoms with Gasteiger partial charge in [0.15, 0.2) is 0 Å². The predicted octanol–water partition coefficient (Wildman–Crippen LogP) is 6.23. The number of amides is 1. The number of hydrogen-bond acceptors (Lipinski definition) is 6. The van der Waals surface area contributed by atoms with Crippen LogP contribution >= 0.6 is 11.6 Å². The second-order valence-electron chi connectivity index (χ2n) is 11.7. The summed E-state index contributed by atoms with van der Waals surface area (Å²) in [7, 11) is 0.0489. The van der Waals surface area contributed by atoms with Crippen molar-refractivity contribution in [3.05, 3.63) is 58.1 Å². The van der Waals surface area contributed by atoms with Crippen molar-refractivity contribution in [2.24, 2.45) is 17.6 Å². The van der Waals surface area contributed by atoms with Gasteiger partial charge >= 0.3 is 0 Å². The van der Waals surface area contributed by atoms with Crippen molar-refractivity contribution in [3.8, 4) is 5.75 Å². The molecule has 1 aliphatic carbocycles. The molecule has 4 N–H and O–H groups in total. The fraction of sp³-hybridized carbons (Fsp3) is 0.606. The van der Waals surface area contributed by atoms with Crippen molar-refractivity contribution in [3.63, 3.8) is 0 Å². The van der Waals surface area contributed by atoms with Crippen LogP contribution in [0.1, 0.15) is 93.6 Å². The summed E-state index contributed by atoms with van der Waals surface area (Å²) in [6, 6.07) is 11.7. The highest BCUT2D eigenvalue weighted by atomic mass is 35.5. The maximum Gasteiger partial charge on any atom is 0.263 e. The number of rotatable bonds is 12. The maximum absolute atomic E-state index is 13.0. The standard InChI is InChI=1S/C32H45ClN2O4S.CH5N/c1-5-7-9-30(36)28-13-10-24(28)18-35-19-25(27-14-12-26(33)16-22(27)8-6-2)20-39-31-15-11-23(17-29(31)35)32(37)34-40(38)21(3)4;1-2/h11-12,14-17,21,24-25,28,30,36H,5-10,13,18-20H2,1-4H3,(H,34,37);2H2,1H3. The zero-order valence-electron chi connectivity index (χ0n) is 25.9. The second kappa shape index (κ2) is 16.6. The molecule has 234 valence electrons. The second-order valence-corrected chi connectivity index (χ2v) is 13.9. The molecule has 2 aromatic carbocycles. The number of halogens is 1. The Balaban J connectivity index is 0.00000237. The Morgan fingerprint density at radius 2 is 1.93 bits per heavy atom. The van der Waals surface area contributed by atoms with E-state index in [1.54, 1.807) is 6.07 Å². The molecular weight excluding hydrogens is 570 g/mol. The number of aliphatic hydroxyl groups is 1. The average Bonchev–Trinajstić information content (AvgIpc) is 3.14. The molecule has 1 saturated carbocycles. The van der Waals surface area contributed by atoms with Gasteiger partial charge in [-0.05, 0) is 99.9 Å². The van der Waals surface area contributed by atoms with Crippen molar-refractivity contribution in [1.29, 1.82) is 0 Å². The molecular formula is C33H50ClN3O4S. The number of aryl methyl sites for hydroxylation is 1. The van der Waals surface area contributed by atoms with Gasteiger partial charge in [-0.25, -0.2) is 4.21 Å². The molecule has 1 amide bonds. The maximum atomic E-state index is 13.0. The quantitative estimate of drug-likeness (QED) is 0.260. The molecule has 0 saturated heterocycles. The predicted molar refractivity (Wildman–Crippen MR) is 175 cm³/mol. The number of fused-ring (bicyclic) bond motifs is 1. The van der Waals surface area contributed by atoms with E-state index >= 15 is 0 Å². The first-order valence-electron chi connectivity index (χ1n) is 15.5. The van der Waals surface area contributed by atoms with E-state index in [0.29, 0.717) is 24.0 Å². The highest BCUT2D eigenvalue weighted by Gasteiger charge is 2.38.